The summed E-state index contributed by atoms with van der Waals surface area (Å²) in [7, 11) is 0. The monoisotopic (exact) mass is 166 g/mol. The molecule has 2 aromatic heterocycles. The van der Waals surface area contributed by atoms with E-state index in [0.29, 0.717) is 5.69 Å². The van der Waals surface area contributed by atoms with Gasteiger partial charge in [0.15, 0.2) is 0 Å². The number of hydrogen-bond acceptors (Lipinski definition) is 3. The first-order valence-electron chi connectivity index (χ1n) is 3.13. The predicted molar refractivity (Wildman–Crippen MR) is 46.0 cm³/mol. The molecule has 0 unspecified atom stereocenters. The van der Waals surface area contributed by atoms with E-state index in [1.807, 2.05) is 5.38 Å². The highest BCUT2D eigenvalue weighted by molar-refractivity contribution is 7.16. The summed E-state index contributed by atoms with van der Waals surface area (Å²) in [6.07, 6.45) is 1.72. The second-order valence-corrected chi connectivity index (χ2v) is 3.10. The average molecular weight is 166 g/mol. The molecule has 0 bridgehead atoms. The fourth-order valence-corrected chi connectivity index (χ4v) is 1.75. The fourth-order valence-electron chi connectivity index (χ4n) is 0.974. The number of nitrogens with two attached hydrogens (primary N) is 1. The summed E-state index contributed by atoms with van der Waals surface area (Å²) in [5.41, 5.74) is 6.24. The molecule has 2 rings (SSSR count). The Bertz CT molecular complexity index is 443. The Morgan fingerprint density at radius 1 is 1.45 bits per heavy atom. The molecule has 0 aliphatic heterocycles. The number of rotatable bonds is 0. The Kier molecular flexibility index (Phi) is 1.22. The van der Waals surface area contributed by atoms with Crippen LogP contribution >= 0.6 is 11.3 Å². The van der Waals surface area contributed by atoms with Gasteiger partial charge < -0.3 is 5.73 Å². The highest BCUT2D eigenvalue weighted by atomic mass is 32.1. The molecule has 0 aliphatic rings. The second kappa shape index (κ2) is 2.10. The van der Waals surface area contributed by atoms with E-state index in [9.17, 15) is 4.79 Å². The number of aromatic nitrogens is 1. The van der Waals surface area contributed by atoms with Crippen LogP contribution in [-0.4, -0.2) is 4.40 Å². The van der Waals surface area contributed by atoms with E-state index in [2.05, 4.69) is 0 Å². The van der Waals surface area contributed by atoms with Crippen LogP contribution in [0.3, 0.4) is 0 Å². The Morgan fingerprint density at radius 3 is 3.00 bits per heavy atom. The van der Waals surface area contributed by atoms with Gasteiger partial charge in [0.25, 0.3) is 5.56 Å². The van der Waals surface area contributed by atoms with Gasteiger partial charge in [-0.05, 0) is 6.07 Å². The van der Waals surface area contributed by atoms with Gasteiger partial charge in [-0.3, -0.25) is 9.20 Å². The van der Waals surface area contributed by atoms with E-state index >= 15 is 0 Å². The van der Waals surface area contributed by atoms with Crippen LogP contribution in [0, 0.1) is 0 Å². The van der Waals surface area contributed by atoms with E-state index < -0.39 is 0 Å². The minimum Gasteiger partial charge on any atom is -0.396 e. The highest BCUT2D eigenvalue weighted by Gasteiger charge is 1.98. The van der Waals surface area contributed by atoms with Crippen LogP contribution in [0.25, 0.3) is 4.83 Å². The third-order valence-electron chi connectivity index (χ3n) is 1.50. The molecule has 2 heterocycles. The van der Waals surface area contributed by atoms with Crippen molar-refractivity contribution in [2.45, 2.75) is 0 Å². The van der Waals surface area contributed by atoms with Crippen LogP contribution in [0.15, 0.2) is 28.5 Å². The molecule has 4 heteroatoms. The van der Waals surface area contributed by atoms with Crippen LogP contribution in [0.4, 0.5) is 5.69 Å². The van der Waals surface area contributed by atoms with Crippen molar-refractivity contribution in [2.24, 2.45) is 0 Å². The molecule has 0 aliphatic carbocycles. The Labute approximate surface area is 66.7 Å². The van der Waals surface area contributed by atoms with E-state index in [1.165, 1.54) is 17.4 Å². The smallest absolute Gasteiger partial charge is 0.255 e. The molecule has 0 fully saturated rings. The first kappa shape index (κ1) is 6.42. The minimum atomic E-state index is -0.0320. The summed E-state index contributed by atoms with van der Waals surface area (Å²) in [5, 5.41) is 1.84. The molecule has 56 valence electrons. The van der Waals surface area contributed by atoms with Crippen LogP contribution < -0.4 is 11.3 Å². The van der Waals surface area contributed by atoms with E-state index in [4.69, 9.17) is 5.73 Å². The third kappa shape index (κ3) is 0.832. The van der Waals surface area contributed by atoms with Gasteiger partial charge in [-0.1, -0.05) is 0 Å². The first-order chi connectivity index (χ1) is 5.29. The van der Waals surface area contributed by atoms with E-state index in [0.717, 1.165) is 4.83 Å². The topological polar surface area (TPSA) is 47.5 Å². The van der Waals surface area contributed by atoms with Gasteiger partial charge in [0.1, 0.15) is 4.83 Å². The Hall–Kier alpha value is -1.29. The van der Waals surface area contributed by atoms with Gasteiger partial charge in [0, 0.05) is 17.6 Å². The number of fused-ring (bicyclic) bond motifs is 1. The zero-order chi connectivity index (χ0) is 7.84. The molecule has 0 radical (unpaired) electrons. The molecule has 0 aromatic carbocycles. The van der Waals surface area contributed by atoms with Crippen molar-refractivity contribution >= 4 is 21.9 Å². The molecule has 11 heavy (non-hydrogen) atoms. The van der Waals surface area contributed by atoms with Gasteiger partial charge in [-0.25, -0.2) is 0 Å². The van der Waals surface area contributed by atoms with Crippen molar-refractivity contribution in [1.82, 2.24) is 4.40 Å². The van der Waals surface area contributed by atoms with Gasteiger partial charge in [-0.15, -0.1) is 11.3 Å². The lowest BCUT2D eigenvalue weighted by molar-refractivity contribution is 1.13. The van der Waals surface area contributed by atoms with Crippen molar-refractivity contribution < 1.29 is 0 Å². The Morgan fingerprint density at radius 2 is 2.27 bits per heavy atom. The number of thiazole rings is 1. The maximum absolute atomic E-state index is 11.1. The van der Waals surface area contributed by atoms with E-state index in [-0.39, 0.29) is 5.56 Å². The summed E-state index contributed by atoms with van der Waals surface area (Å²) in [6, 6.07) is 3.10. The van der Waals surface area contributed by atoms with Crippen molar-refractivity contribution in [3.63, 3.8) is 0 Å². The molecule has 2 N–H and O–H groups in total. The lowest BCUT2D eigenvalue weighted by atomic mass is 10.4. The van der Waals surface area contributed by atoms with Crippen molar-refractivity contribution in [1.29, 1.82) is 0 Å². The van der Waals surface area contributed by atoms with Gasteiger partial charge in [-0.2, -0.15) is 0 Å². The van der Waals surface area contributed by atoms with Crippen molar-refractivity contribution in [3.8, 4) is 0 Å². The zero-order valence-corrected chi connectivity index (χ0v) is 6.47. The maximum Gasteiger partial charge on any atom is 0.255 e. The number of hydrogen-bond donors (Lipinski definition) is 1. The average Bonchev–Trinajstić information content (AvgIpc) is 2.45. The second-order valence-electron chi connectivity index (χ2n) is 2.21. The van der Waals surface area contributed by atoms with Crippen molar-refractivity contribution in [2.75, 3.05) is 5.73 Å². The lowest BCUT2D eigenvalue weighted by Gasteiger charge is -1.93. The minimum absolute atomic E-state index is 0.0320. The van der Waals surface area contributed by atoms with Crippen LogP contribution in [-0.2, 0) is 0 Å². The van der Waals surface area contributed by atoms with Gasteiger partial charge in [0.2, 0.25) is 0 Å². The summed E-state index contributed by atoms with van der Waals surface area (Å²) in [6.45, 7) is 0. The number of anilines is 1. The largest absolute Gasteiger partial charge is 0.396 e. The zero-order valence-electron chi connectivity index (χ0n) is 5.65. The Balaban J connectivity index is 3.08. The molecule has 0 saturated carbocycles. The van der Waals surface area contributed by atoms with Crippen LogP contribution in [0.5, 0.6) is 0 Å². The molecular formula is C7H6N2OS. The number of nitrogens with zero attached hydrogens (tertiary/aromatic N) is 1. The fraction of sp³-hybridized carbons (Fsp3) is 0. The number of nitrogen functional groups attached to an aromatic ring is 1. The molecule has 0 atom stereocenters. The molecule has 0 spiro atoms. The normalized spacial score (nSPS) is 10.5. The molecular weight excluding hydrogens is 160 g/mol. The standard InChI is InChI=1S/C7H6N2OS/c8-5-1-2-6(10)9-3-4-11-7(5)9/h1-4H,8H2. The molecule has 0 saturated heterocycles. The summed E-state index contributed by atoms with van der Waals surface area (Å²) in [5.74, 6) is 0. The summed E-state index contributed by atoms with van der Waals surface area (Å²) < 4.78 is 1.54. The van der Waals surface area contributed by atoms with Gasteiger partial charge in [0.05, 0.1) is 5.69 Å². The first-order valence-corrected chi connectivity index (χ1v) is 4.01. The predicted octanol–water partition coefficient (Wildman–Crippen LogP) is 0.943. The molecule has 0 amide bonds. The number of pyridine rings is 1. The summed E-state index contributed by atoms with van der Waals surface area (Å²) in [4.78, 5) is 11.9. The maximum atomic E-state index is 11.1. The SMILES string of the molecule is Nc1ccc(=O)n2ccsc12. The molecule has 3 nitrogen and oxygen atoms in total. The highest BCUT2D eigenvalue weighted by Crippen LogP contribution is 2.15. The summed E-state index contributed by atoms with van der Waals surface area (Å²) >= 11 is 1.47. The molecule has 2 aromatic rings. The van der Waals surface area contributed by atoms with Gasteiger partial charge >= 0.3 is 0 Å². The van der Waals surface area contributed by atoms with Crippen LogP contribution in [0.2, 0.25) is 0 Å². The lowest BCUT2D eigenvalue weighted by Crippen LogP contribution is -2.09. The van der Waals surface area contributed by atoms with Crippen LogP contribution in [0.1, 0.15) is 0 Å². The quantitative estimate of drug-likeness (QED) is 0.633. The van der Waals surface area contributed by atoms with E-state index in [1.54, 1.807) is 16.7 Å². The van der Waals surface area contributed by atoms with Crippen molar-refractivity contribution in [3.05, 3.63) is 34.1 Å². The third-order valence-corrected chi connectivity index (χ3v) is 2.41.